The van der Waals surface area contributed by atoms with Crippen molar-refractivity contribution in [2.75, 3.05) is 6.61 Å². The van der Waals surface area contributed by atoms with E-state index in [1.165, 1.54) is 0 Å². The van der Waals surface area contributed by atoms with Gasteiger partial charge in [0.05, 0.1) is 5.56 Å². The van der Waals surface area contributed by atoms with Crippen LogP contribution in [0, 0.1) is 17.4 Å². The predicted octanol–water partition coefficient (Wildman–Crippen LogP) is 3.40. The number of ether oxygens (including phenoxy) is 1. The molecule has 2 N–H and O–H groups in total. The van der Waals surface area contributed by atoms with Crippen LogP contribution in [0.1, 0.15) is 21.5 Å². The highest BCUT2D eigenvalue weighted by atomic mass is 127. The summed E-state index contributed by atoms with van der Waals surface area (Å²) in [5, 5.41) is 0.677. The molecule has 0 aliphatic rings. The van der Waals surface area contributed by atoms with Gasteiger partial charge in [-0.25, -0.2) is 0 Å². The molecule has 2 amide bonds. The first-order chi connectivity index (χ1) is 11.4. The molecule has 0 fully saturated rings. The summed E-state index contributed by atoms with van der Waals surface area (Å²) >= 11 is 8.14. The van der Waals surface area contributed by atoms with Gasteiger partial charge in [0.15, 0.2) is 6.61 Å². The molecule has 126 valence electrons. The topological polar surface area (TPSA) is 67.4 Å². The third-order valence-electron chi connectivity index (χ3n) is 3.21. The van der Waals surface area contributed by atoms with Crippen LogP contribution in [0.3, 0.4) is 0 Å². The van der Waals surface area contributed by atoms with E-state index in [4.69, 9.17) is 16.3 Å². The van der Waals surface area contributed by atoms with E-state index in [2.05, 4.69) is 33.4 Å². The first kappa shape index (κ1) is 18.5. The first-order valence-corrected chi connectivity index (χ1v) is 8.57. The van der Waals surface area contributed by atoms with Crippen molar-refractivity contribution in [2.24, 2.45) is 0 Å². The van der Waals surface area contributed by atoms with Crippen LogP contribution in [0.15, 0.2) is 36.4 Å². The van der Waals surface area contributed by atoms with E-state index < -0.39 is 5.91 Å². The minimum Gasteiger partial charge on any atom is -0.484 e. The smallest absolute Gasteiger partial charge is 0.276 e. The number of amides is 2. The summed E-state index contributed by atoms with van der Waals surface area (Å²) in [5.74, 6) is -0.292. The second-order valence-electron chi connectivity index (χ2n) is 5.14. The summed E-state index contributed by atoms with van der Waals surface area (Å²) in [6.45, 7) is 3.51. The third kappa shape index (κ3) is 4.85. The van der Waals surface area contributed by atoms with Crippen molar-refractivity contribution in [3.05, 3.63) is 61.7 Å². The predicted molar refractivity (Wildman–Crippen MR) is 101 cm³/mol. The van der Waals surface area contributed by atoms with Crippen LogP contribution in [0.5, 0.6) is 5.75 Å². The lowest BCUT2D eigenvalue weighted by Gasteiger charge is -2.11. The molecule has 7 heteroatoms. The summed E-state index contributed by atoms with van der Waals surface area (Å²) in [4.78, 5) is 23.8. The fourth-order valence-electron chi connectivity index (χ4n) is 2.01. The zero-order chi connectivity index (χ0) is 17.7. The molecule has 0 saturated carbocycles. The molecule has 0 aliphatic heterocycles. The maximum absolute atomic E-state index is 12.0. The van der Waals surface area contributed by atoms with E-state index in [0.717, 1.165) is 14.7 Å². The number of carbonyl (C=O) groups is 2. The molecule has 24 heavy (non-hydrogen) atoms. The van der Waals surface area contributed by atoms with E-state index in [1.807, 2.05) is 26.0 Å². The van der Waals surface area contributed by atoms with Gasteiger partial charge in [-0.1, -0.05) is 23.7 Å². The molecular weight excluding hydrogens is 443 g/mol. The SMILES string of the molecule is Cc1cc(OCC(=O)NNC(=O)c2ccccc2I)cc(C)c1Cl. The van der Waals surface area contributed by atoms with Crippen molar-refractivity contribution in [2.45, 2.75) is 13.8 Å². The quantitative estimate of drug-likeness (QED) is 0.545. The Kier molecular flexibility index (Phi) is 6.44. The Labute approximate surface area is 158 Å². The summed E-state index contributed by atoms with van der Waals surface area (Å²) in [7, 11) is 0. The Bertz CT molecular complexity index is 757. The highest BCUT2D eigenvalue weighted by Gasteiger charge is 2.11. The maximum Gasteiger partial charge on any atom is 0.276 e. The highest BCUT2D eigenvalue weighted by Crippen LogP contribution is 2.25. The average Bonchev–Trinajstić information content (AvgIpc) is 2.56. The van der Waals surface area contributed by atoms with Crippen molar-refractivity contribution in [1.82, 2.24) is 10.9 Å². The molecule has 2 aromatic rings. The Morgan fingerprint density at radius 3 is 2.38 bits per heavy atom. The number of hydrazine groups is 1. The van der Waals surface area contributed by atoms with E-state index in [9.17, 15) is 9.59 Å². The van der Waals surface area contributed by atoms with Crippen LogP contribution in [0.25, 0.3) is 0 Å². The minimum atomic E-state index is -0.459. The van der Waals surface area contributed by atoms with Gasteiger partial charge in [0.1, 0.15) is 5.75 Å². The average molecular weight is 459 g/mol. The van der Waals surface area contributed by atoms with E-state index in [0.29, 0.717) is 16.3 Å². The van der Waals surface area contributed by atoms with Crippen LogP contribution in [-0.2, 0) is 4.79 Å². The summed E-state index contributed by atoms with van der Waals surface area (Å²) in [6.07, 6.45) is 0. The second-order valence-corrected chi connectivity index (χ2v) is 6.68. The number of hydrogen-bond acceptors (Lipinski definition) is 3. The Hall–Kier alpha value is -1.80. The van der Waals surface area contributed by atoms with Crippen LogP contribution >= 0.6 is 34.2 Å². The van der Waals surface area contributed by atoms with Crippen molar-refractivity contribution >= 4 is 46.0 Å². The van der Waals surface area contributed by atoms with Crippen LogP contribution in [-0.4, -0.2) is 18.4 Å². The van der Waals surface area contributed by atoms with Gasteiger partial charge >= 0.3 is 0 Å². The van der Waals surface area contributed by atoms with Gasteiger partial charge in [0.2, 0.25) is 0 Å². The Balaban J connectivity index is 1.86. The van der Waals surface area contributed by atoms with Crippen LogP contribution < -0.4 is 15.6 Å². The molecule has 0 radical (unpaired) electrons. The number of benzene rings is 2. The lowest BCUT2D eigenvalue weighted by Crippen LogP contribution is -2.44. The van der Waals surface area contributed by atoms with Crippen molar-refractivity contribution in [3.8, 4) is 5.75 Å². The molecule has 0 saturated heterocycles. The maximum atomic E-state index is 12.0. The lowest BCUT2D eigenvalue weighted by atomic mass is 10.1. The van der Waals surface area contributed by atoms with E-state index >= 15 is 0 Å². The molecule has 0 aromatic heterocycles. The number of aryl methyl sites for hydroxylation is 2. The van der Waals surface area contributed by atoms with Crippen molar-refractivity contribution < 1.29 is 14.3 Å². The zero-order valence-corrected chi connectivity index (χ0v) is 16.1. The van der Waals surface area contributed by atoms with E-state index in [1.54, 1.807) is 24.3 Å². The van der Waals surface area contributed by atoms with Crippen LogP contribution in [0.2, 0.25) is 5.02 Å². The summed E-state index contributed by atoms with van der Waals surface area (Å²) < 4.78 is 6.22. The fourth-order valence-corrected chi connectivity index (χ4v) is 2.76. The molecule has 0 aliphatic carbocycles. The van der Waals surface area contributed by atoms with Crippen molar-refractivity contribution in [1.29, 1.82) is 0 Å². The normalized spacial score (nSPS) is 10.2. The molecule has 0 unspecified atom stereocenters. The molecule has 0 heterocycles. The standard InChI is InChI=1S/C17H16ClIN2O3/c1-10-7-12(8-11(2)16(10)18)24-9-15(22)20-21-17(23)13-5-3-4-6-14(13)19/h3-8H,9H2,1-2H3,(H,20,22)(H,21,23). The first-order valence-electron chi connectivity index (χ1n) is 7.11. The van der Waals surface area contributed by atoms with Crippen molar-refractivity contribution in [3.63, 3.8) is 0 Å². The van der Waals surface area contributed by atoms with Gasteiger partial charge in [-0.2, -0.15) is 0 Å². The summed E-state index contributed by atoms with van der Waals surface area (Å²) in [6, 6.07) is 10.6. The van der Waals surface area contributed by atoms with Gasteiger partial charge < -0.3 is 4.74 Å². The van der Waals surface area contributed by atoms with Gasteiger partial charge in [-0.05, 0) is 71.8 Å². The molecule has 0 spiro atoms. The number of hydrogen-bond donors (Lipinski definition) is 2. The number of rotatable bonds is 4. The molecule has 5 nitrogen and oxygen atoms in total. The summed E-state index contributed by atoms with van der Waals surface area (Å²) in [5.41, 5.74) is 6.93. The molecule has 0 bridgehead atoms. The number of nitrogens with one attached hydrogen (secondary N) is 2. The zero-order valence-electron chi connectivity index (χ0n) is 13.2. The third-order valence-corrected chi connectivity index (χ3v) is 4.75. The molecule has 0 atom stereocenters. The minimum absolute atomic E-state index is 0.216. The van der Waals surface area contributed by atoms with E-state index in [-0.39, 0.29) is 12.5 Å². The van der Waals surface area contributed by atoms with Gasteiger partial charge in [-0.15, -0.1) is 0 Å². The number of halogens is 2. The van der Waals surface area contributed by atoms with Gasteiger partial charge in [-0.3, -0.25) is 20.4 Å². The second kappa shape index (κ2) is 8.34. The molecule has 2 rings (SSSR count). The largest absolute Gasteiger partial charge is 0.484 e. The fraction of sp³-hybridized carbons (Fsp3) is 0.176. The Morgan fingerprint density at radius 1 is 1.12 bits per heavy atom. The van der Waals surface area contributed by atoms with Crippen LogP contribution in [0.4, 0.5) is 0 Å². The van der Waals surface area contributed by atoms with Gasteiger partial charge in [0.25, 0.3) is 11.8 Å². The van der Waals surface area contributed by atoms with Gasteiger partial charge in [0, 0.05) is 8.59 Å². The number of carbonyl (C=O) groups excluding carboxylic acids is 2. The monoisotopic (exact) mass is 458 g/mol. The molecule has 2 aromatic carbocycles. The molecular formula is C17H16ClIN2O3. The highest BCUT2D eigenvalue weighted by molar-refractivity contribution is 14.1. The lowest BCUT2D eigenvalue weighted by molar-refractivity contribution is -0.123. The Morgan fingerprint density at radius 2 is 1.75 bits per heavy atom.